The molecule has 2 aromatic rings. The van der Waals surface area contributed by atoms with Gasteiger partial charge < -0.3 is 4.74 Å². The number of aromatic amines is 2. The summed E-state index contributed by atoms with van der Waals surface area (Å²) in [6.45, 7) is 6.79. The number of nitrogens with zero attached hydrogens (tertiary/aromatic N) is 2. The van der Waals surface area contributed by atoms with Crippen molar-refractivity contribution in [3.05, 3.63) is 46.1 Å². The molecule has 0 fully saturated rings. The Balaban J connectivity index is 2.06. The first-order chi connectivity index (χ1) is 10.9. The minimum Gasteiger partial charge on any atom is -0.386 e. The second kappa shape index (κ2) is 6.87. The van der Waals surface area contributed by atoms with Crippen LogP contribution in [0.4, 0.5) is 0 Å². The van der Waals surface area contributed by atoms with Crippen molar-refractivity contribution in [1.82, 2.24) is 20.4 Å². The Morgan fingerprint density at radius 1 is 0.913 bits per heavy atom. The van der Waals surface area contributed by atoms with Gasteiger partial charge in [0.15, 0.2) is 0 Å². The van der Waals surface area contributed by atoms with E-state index in [9.17, 15) is 9.59 Å². The van der Waals surface area contributed by atoms with Crippen LogP contribution in [-0.2, 0) is 14.3 Å². The van der Waals surface area contributed by atoms with E-state index in [0.29, 0.717) is 11.1 Å². The maximum Gasteiger partial charge on any atom is 0.341 e. The van der Waals surface area contributed by atoms with Gasteiger partial charge in [-0.3, -0.25) is 10.2 Å². The molecule has 0 aliphatic carbocycles. The lowest BCUT2D eigenvalue weighted by molar-refractivity contribution is -0.153. The Hall–Kier alpha value is -2.96. The van der Waals surface area contributed by atoms with Gasteiger partial charge in [0.2, 0.25) is 0 Å². The van der Waals surface area contributed by atoms with E-state index in [-0.39, 0.29) is 0 Å². The molecule has 7 nitrogen and oxygen atoms in total. The predicted octanol–water partition coefficient (Wildman–Crippen LogP) is 2.33. The topological polar surface area (TPSA) is 101 Å². The summed E-state index contributed by atoms with van der Waals surface area (Å²) in [4.78, 5) is 24.0. The van der Waals surface area contributed by atoms with E-state index in [4.69, 9.17) is 4.74 Å². The van der Waals surface area contributed by atoms with E-state index in [1.54, 1.807) is 38.4 Å². The second-order valence-corrected chi connectivity index (χ2v) is 5.18. The van der Waals surface area contributed by atoms with Gasteiger partial charge in [-0.1, -0.05) is 0 Å². The number of rotatable bonds is 4. The highest BCUT2D eigenvalue weighted by molar-refractivity contribution is 6.05. The number of esters is 2. The molecule has 0 aromatic carbocycles. The molecule has 2 heterocycles. The summed E-state index contributed by atoms with van der Waals surface area (Å²) in [5.41, 5.74) is 3.69. The molecule has 0 saturated carbocycles. The van der Waals surface area contributed by atoms with Gasteiger partial charge in [0, 0.05) is 34.7 Å². The molecule has 0 aliphatic rings. The molecule has 120 valence electrons. The quantitative estimate of drug-likeness (QED) is 0.512. The standard InChI is InChI=1S/C16H18N4O3/c1-9(5-13-7-17-19-11(13)3)15(21)23-16(22)10(2)6-14-8-18-20-12(14)4/h5-8H,1-4H3,(H,17,19)(H,18,20)/b9-5+,10-6+. The van der Waals surface area contributed by atoms with Crippen molar-refractivity contribution in [3.63, 3.8) is 0 Å². The van der Waals surface area contributed by atoms with Crippen LogP contribution >= 0.6 is 0 Å². The molecule has 0 unspecified atom stereocenters. The number of ether oxygens (including phenoxy) is 1. The monoisotopic (exact) mass is 314 g/mol. The van der Waals surface area contributed by atoms with Gasteiger partial charge in [-0.2, -0.15) is 10.2 Å². The molecule has 2 N–H and O–H groups in total. The summed E-state index contributed by atoms with van der Waals surface area (Å²) in [6.07, 6.45) is 6.57. The van der Waals surface area contributed by atoms with E-state index < -0.39 is 11.9 Å². The highest BCUT2D eigenvalue weighted by Crippen LogP contribution is 2.13. The van der Waals surface area contributed by atoms with Gasteiger partial charge in [-0.15, -0.1) is 0 Å². The molecule has 0 spiro atoms. The molecular weight excluding hydrogens is 296 g/mol. The summed E-state index contributed by atoms with van der Waals surface area (Å²) in [5, 5.41) is 13.3. The second-order valence-electron chi connectivity index (χ2n) is 5.18. The van der Waals surface area contributed by atoms with Crippen LogP contribution in [0.25, 0.3) is 12.2 Å². The van der Waals surface area contributed by atoms with Gasteiger partial charge in [0.25, 0.3) is 0 Å². The molecule has 0 saturated heterocycles. The maximum atomic E-state index is 12.0. The third kappa shape index (κ3) is 4.03. The van der Waals surface area contributed by atoms with Gasteiger partial charge in [-0.25, -0.2) is 9.59 Å². The molecule has 7 heteroatoms. The first-order valence-corrected chi connectivity index (χ1v) is 7.02. The molecule has 0 radical (unpaired) electrons. The summed E-state index contributed by atoms with van der Waals surface area (Å²) >= 11 is 0. The average molecular weight is 314 g/mol. The molecule has 2 rings (SSSR count). The van der Waals surface area contributed by atoms with Crippen molar-refractivity contribution < 1.29 is 14.3 Å². The average Bonchev–Trinajstić information content (AvgIpc) is 3.08. The number of aryl methyl sites for hydroxylation is 2. The smallest absolute Gasteiger partial charge is 0.341 e. The third-order valence-corrected chi connectivity index (χ3v) is 3.31. The first kappa shape index (κ1) is 16.4. The Morgan fingerprint density at radius 3 is 1.61 bits per heavy atom. The highest BCUT2D eigenvalue weighted by Gasteiger charge is 2.15. The van der Waals surface area contributed by atoms with Gasteiger partial charge in [0.05, 0.1) is 11.4 Å². The van der Waals surface area contributed by atoms with Crippen LogP contribution in [0.3, 0.4) is 0 Å². The molecule has 23 heavy (non-hydrogen) atoms. The minimum atomic E-state index is -0.688. The normalized spacial score (nSPS) is 12.3. The number of hydrogen-bond acceptors (Lipinski definition) is 5. The molecule has 0 amide bonds. The van der Waals surface area contributed by atoms with Crippen molar-refractivity contribution in [2.24, 2.45) is 0 Å². The summed E-state index contributed by atoms with van der Waals surface area (Å²) < 4.78 is 4.88. The Morgan fingerprint density at radius 2 is 1.30 bits per heavy atom. The van der Waals surface area contributed by atoms with Crippen LogP contribution in [0.5, 0.6) is 0 Å². The fourth-order valence-corrected chi connectivity index (χ4v) is 1.86. The molecule has 0 aliphatic heterocycles. The third-order valence-electron chi connectivity index (χ3n) is 3.31. The number of aromatic nitrogens is 4. The predicted molar refractivity (Wildman–Crippen MR) is 85.1 cm³/mol. The van der Waals surface area contributed by atoms with Crippen molar-refractivity contribution in [2.45, 2.75) is 27.7 Å². The number of carbonyl (C=O) groups excluding carboxylic acids is 2. The van der Waals surface area contributed by atoms with Crippen molar-refractivity contribution in [2.75, 3.05) is 0 Å². The molecule has 0 bridgehead atoms. The minimum absolute atomic E-state index is 0.315. The van der Waals surface area contributed by atoms with Crippen LogP contribution in [0.2, 0.25) is 0 Å². The highest BCUT2D eigenvalue weighted by atomic mass is 16.6. The zero-order valence-electron chi connectivity index (χ0n) is 13.4. The van der Waals surface area contributed by atoms with E-state index in [2.05, 4.69) is 20.4 Å². The molecule has 0 atom stereocenters. The molecular formula is C16H18N4O3. The summed E-state index contributed by atoms with van der Waals surface area (Å²) in [7, 11) is 0. The SMILES string of the molecule is C/C(=C\c1c[nH]nc1C)C(=O)OC(=O)/C(C)=C/c1c[nH]nc1C. The number of carbonyl (C=O) groups is 2. The van der Waals surface area contributed by atoms with Crippen LogP contribution in [0.1, 0.15) is 36.4 Å². The van der Waals surface area contributed by atoms with E-state index in [1.165, 1.54) is 0 Å². The van der Waals surface area contributed by atoms with Crippen LogP contribution < -0.4 is 0 Å². The van der Waals surface area contributed by atoms with Crippen LogP contribution in [0.15, 0.2) is 23.5 Å². The summed E-state index contributed by atoms with van der Waals surface area (Å²) in [6, 6.07) is 0. The maximum absolute atomic E-state index is 12.0. The van der Waals surface area contributed by atoms with E-state index in [0.717, 1.165) is 22.5 Å². The largest absolute Gasteiger partial charge is 0.386 e. The zero-order chi connectivity index (χ0) is 17.0. The lowest BCUT2D eigenvalue weighted by atomic mass is 10.1. The summed E-state index contributed by atoms with van der Waals surface area (Å²) in [5.74, 6) is -1.38. The van der Waals surface area contributed by atoms with Crippen LogP contribution in [0, 0.1) is 13.8 Å². The van der Waals surface area contributed by atoms with Crippen molar-refractivity contribution in [3.8, 4) is 0 Å². The Labute approximate surface area is 133 Å². The Kier molecular flexibility index (Phi) is 4.90. The van der Waals surface area contributed by atoms with Gasteiger partial charge in [0.1, 0.15) is 0 Å². The fourth-order valence-electron chi connectivity index (χ4n) is 1.86. The number of H-pyrrole nitrogens is 2. The molecule has 2 aromatic heterocycles. The van der Waals surface area contributed by atoms with Gasteiger partial charge in [-0.05, 0) is 39.8 Å². The number of nitrogens with one attached hydrogen (secondary N) is 2. The van der Waals surface area contributed by atoms with Crippen molar-refractivity contribution in [1.29, 1.82) is 0 Å². The van der Waals surface area contributed by atoms with Crippen LogP contribution in [-0.4, -0.2) is 32.3 Å². The first-order valence-electron chi connectivity index (χ1n) is 7.02. The van der Waals surface area contributed by atoms with Gasteiger partial charge >= 0.3 is 11.9 Å². The fraction of sp³-hybridized carbons (Fsp3) is 0.250. The van der Waals surface area contributed by atoms with Crippen molar-refractivity contribution >= 4 is 24.1 Å². The number of hydrogen-bond donors (Lipinski definition) is 2. The lowest BCUT2D eigenvalue weighted by Crippen LogP contribution is -2.14. The Bertz CT molecular complexity index is 730. The van der Waals surface area contributed by atoms with E-state index in [1.807, 2.05) is 13.8 Å². The van der Waals surface area contributed by atoms with E-state index >= 15 is 0 Å². The lowest BCUT2D eigenvalue weighted by Gasteiger charge is -2.03. The zero-order valence-corrected chi connectivity index (χ0v) is 13.4.